The van der Waals surface area contributed by atoms with E-state index in [-0.39, 0.29) is 41.0 Å². The number of piperidine rings is 1. The van der Waals surface area contributed by atoms with Crippen molar-refractivity contribution in [2.75, 3.05) is 50.9 Å². The molecule has 1 aromatic heterocycles. The first kappa shape index (κ1) is 41.9. The Morgan fingerprint density at radius 1 is 0.917 bits per heavy atom. The van der Waals surface area contributed by atoms with E-state index in [4.69, 9.17) is 26.2 Å². The summed E-state index contributed by atoms with van der Waals surface area (Å²) in [5, 5.41) is 15.9. The summed E-state index contributed by atoms with van der Waals surface area (Å²) in [6.45, 7) is 7.78. The van der Waals surface area contributed by atoms with Gasteiger partial charge in [-0.25, -0.2) is 9.07 Å². The number of aromatic nitrogens is 2. The Kier molecular flexibility index (Phi) is 12.6. The average molecular weight is 837 g/mol. The van der Waals surface area contributed by atoms with Gasteiger partial charge in [0.25, 0.3) is 11.5 Å². The molecule has 3 aliphatic heterocycles. The molecule has 4 aliphatic rings. The summed E-state index contributed by atoms with van der Waals surface area (Å²) in [7, 11) is 0. The van der Waals surface area contributed by atoms with Crippen molar-refractivity contribution in [3.63, 3.8) is 0 Å². The molecule has 2 bridgehead atoms. The second-order valence-corrected chi connectivity index (χ2v) is 17.6. The molecule has 3 saturated heterocycles. The molecule has 0 spiro atoms. The molecule has 2 unspecified atom stereocenters. The predicted molar refractivity (Wildman–Crippen MR) is 229 cm³/mol. The molecule has 4 fully saturated rings. The van der Waals surface area contributed by atoms with Gasteiger partial charge in [0.2, 0.25) is 5.91 Å². The number of anilines is 1. The largest absolute Gasteiger partial charge is 0.380 e. The maximum atomic E-state index is 15.1. The lowest BCUT2D eigenvalue weighted by Crippen LogP contribution is -2.51. The minimum Gasteiger partial charge on any atom is -0.380 e. The van der Waals surface area contributed by atoms with Crippen molar-refractivity contribution in [3.8, 4) is 6.07 Å². The van der Waals surface area contributed by atoms with Gasteiger partial charge in [-0.2, -0.15) is 10.4 Å². The van der Waals surface area contributed by atoms with Gasteiger partial charge in [0.05, 0.1) is 46.0 Å². The van der Waals surface area contributed by atoms with Crippen LogP contribution in [0.1, 0.15) is 97.5 Å². The zero-order valence-electron chi connectivity index (χ0n) is 34.6. The van der Waals surface area contributed by atoms with Gasteiger partial charge in [-0.05, 0) is 113 Å². The molecule has 0 radical (unpaired) electrons. The highest BCUT2D eigenvalue weighted by molar-refractivity contribution is 6.32. The number of nitrogens with zero attached hydrogens (tertiary/aromatic N) is 6. The van der Waals surface area contributed by atoms with E-state index in [1.807, 2.05) is 42.2 Å². The predicted octanol–water partition coefficient (Wildman–Crippen LogP) is 7.45. The lowest BCUT2D eigenvalue weighted by Gasteiger charge is -2.46. The Balaban J connectivity index is 0.801. The highest BCUT2D eigenvalue weighted by Crippen LogP contribution is 2.46. The molecule has 2 amide bonds. The van der Waals surface area contributed by atoms with Crippen LogP contribution in [-0.2, 0) is 27.2 Å². The quantitative estimate of drug-likeness (QED) is 0.113. The molecular formula is C47H54ClFN6O5. The molecular weight excluding hydrogens is 783 g/mol. The number of fused-ring (bicyclic) bond motifs is 3. The number of carbonyl (C=O) groups excluding carboxylic acids is 2. The first-order valence-electron chi connectivity index (χ1n) is 21.6. The highest BCUT2D eigenvalue weighted by atomic mass is 35.5. The molecule has 8 rings (SSSR count). The van der Waals surface area contributed by atoms with Gasteiger partial charge in [0.1, 0.15) is 11.9 Å². The number of amides is 2. The van der Waals surface area contributed by atoms with Crippen LogP contribution in [0, 0.1) is 30.0 Å². The molecule has 2 atom stereocenters. The summed E-state index contributed by atoms with van der Waals surface area (Å²) in [5.74, 6) is -0.689. The average Bonchev–Trinajstić information content (AvgIpc) is 4.07. The molecule has 4 aromatic rings. The number of unbranched alkanes of at least 4 members (excludes halogenated alkanes) is 2. The van der Waals surface area contributed by atoms with E-state index in [1.54, 1.807) is 23.1 Å². The van der Waals surface area contributed by atoms with E-state index in [1.165, 1.54) is 10.7 Å². The summed E-state index contributed by atoms with van der Waals surface area (Å²) >= 11 is 6.53. The van der Waals surface area contributed by atoms with Crippen LogP contribution in [0.15, 0.2) is 59.4 Å². The number of halogens is 2. The first-order chi connectivity index (χ1) is 29.0. The summed E-state index contributed by atoms with van der Waals surface area (Å²) in [4.78, 5) is 45.4. The number of nitriles is 1. The van der Waals surface area contributed by atoms with E-state index in [2.05, 4.69) is 17.9 Å². The SMILES string of the molecule is Cc1c(N2C3CCC2CC(C)(OCCCCCOCCn2nc(Cc4ccc(F)c(C(=O)N5CCN(C(=O)C6CC6)CC5)c4)c4ccccc4c2=O)C3)ccc(C#N)c1Cl. The Morgan fingerprint density at radius 2 is 1.62 bits per heavy atom. The number of ether oxygens (including phenoxy) is 2. The molecule has 4 heterocycles. The van der Waals surface area contributed by atoms with E-state index in [0.717, 1.165) is 69.0 Å². The fourth-order valence-electron chi connectivity index (χ4n) is 9.56. The molecule has 1 aliphatic carbocycles. The number of hydrogen-bond acceptors (Lipinski definition) is 8. The van der Waals surface area contributed by atoms with Gasteiger partial charge in [-0.3, -0.25) is 14.4 Å². The second-order valence-electron chi connectivity index (χ2n) is 17.3. The number of carbonyl (C=O) groups is 2. The summed E-state index contributed by atoms with van der Waals surface area (Å²) < 4.78 is 29.1. The number of benzene rings is 3. The van der Waals surface area contributed by atoms with E-state index >= 15 is 4.39 Å². The zero-order chi connectivity index (χ0) is 42.0. The number of rotatable bonds is 15. The Hall–Kier alpha value is -4.83. The first-order valence-corrected chi connectivity index (χ1v) is 22.0. The summed E-state index contributed by atoms with van der Waals surface area (Å²) in [6, 6.07) is 18.7. The van der Waals surface area contributed by atoms with Crippen LogP contribution in [0.25, 0.3) is 10.8 Å². The maximum absolute atomic E-state index is 15.1. The smallest absolute Gasteiger partial charge is 0.274 e. The molecule has 0 N–H and O–H groups in total. The van der Waals surface area contributed by atoms with Crippen molar-refractivity contribution < 1.29 is 23.5 Å². The van der Waals surface area contributed by atoms with Crippen molar-refractivity contribution in [2.24, 2.45) is 5.92 Å². The van der Waals surface area contributed by atoms with Crippen molar-refractivity contribution in [2.45, 2.75) is 102 Å². The van der Waals surface area contributed by atoms with Crippen LogP contribution in [0.5, 0.6) is 0 Å². The van der Waals surface area contributed by atoms with Crippen molar-refractivity contribution in [3.05, 3.63) is 104 Å². The van der Waals surface area contributed by atoms with Crippen LogP contribution in [0.4, 0.5) is 10.1 Å². The molecule has 1 saturated carbocycles. The molecule has 13 heteroatoms. The monoisotopic (exact) mass is 836 g/mol. The van der Waals surface area contributed by atoms with Gasteiger partial charge >= 0.3 is 0 Å². The molecule has 11 nitrogen and oxygen atoms in total. The van der Waals surface area contributed by atoms with Crippen molar-refractivity contribution in [1.29, 1.82) is 5.26 Å². The highest BCUT2D eigenvalue weighted by Gasteiger charge is 2.47. The standard InChI is InChI=1S/C47H54ClFN6O5/c1-31-42(17-13-34(30-50)43(31)48)55-35-14-15-36(55)29-47(2,28-35)60-24-7-3-6-23-59-25-22-54-46(58)38-9-5-4-8-37(38)41(51-54)27-32-10-16-40(49)39(26-32)45(57)53-20-18-52(19-21-53)44(56)33-11-12-33/h4-5,8-10,13,16-17,26,33,35-36H,3,6-7,11-12,14-15,18-25,27-29H2,1-2H3. The maximum Gasteiger partial charge on any atom is 0.274 e. The summed E-state index contributed by atoms with van der Waals surface area (Å²) in [6.07, 6.45) is 9.13. The third kappa shape index (κ3) is 8.95. The van der Waals surface area contributed by atoms with Crippen LogP contribution < -0.4 is 10.5 Å². The number of hydrogen-bond donors (Lipinski definition) is 0. The van der Waals surface area contributed by atoms with Gasteiger partial charge in [0.15, 0.2) is 0 Å². The van der Waals surface area contributed by atoms with Crippen LogP contribution in [0.2, 0.25) is 5.02 Å². The van der Waals surface area contributed by atoms with E-state index in [9.17, 15) is 19.6 Å². The Bertz CT molecular complexity index is 2340. The second kappa shape index (κ2) is 18.0. The lowest BCUT2D eigenvalue weighted by atomic mass is 9.86. The minimum atomic E-state index is -0.590. The van der Waals surface area contributed by atoms with Crippen molar-refractivity contribution in [1.82, 2.24) is 19.6 Å². The number of piperazine rings is 1. The van der Waals surface area contributed by atoms with Crippen molar-refractivity contribution >= 4 is 39.9 Å². The van der Waals surface area contributed by atoms with E-state index in [0.29, 0.717) is 97.1 Å². The summed E-state index contributed by atoms with van der Waals surface area (Å²) in [5.41, 5.74) is 3.61. The van der Waals surface area contributed by atoms with E-state index < -0.39 is 5.82 Å². The fourth-order valence-corrected chi connectivity index (χ4v) is 9.77. The third-order valence-corrected chi connectivity index (χ3v) is 13.4. The van der Waals surface area contributed by atoms with Gasteiger partial charge in [-0.1, -0.05) is 35.9 Å². The zero-order valence-corrected chi connectivity index (χ0v) is 35.4. The fraction of sp³-hybridized carbons (Fsp3) is 0.511. The minimum absolute atomic E-state index is 0.00394. The van der Waals surface area contributed by atoms with Crippen LogP contribution >= 0.6 is 11.6 Å². The lowest BCUT2D eigenvalue weighted by molar-refractivity contribution is -0.134. The molecule has 316 valence electrons. The van der Waals surface area contributed by atoms with Gasteiger partial charge < -0.3 is 24.2 Å². The molecule has 3 aromatic carbocycles. The molecule has 60 heavy (non-hydrogen) atoms. The van der Waals surface area contributed by atoms with Crippen LogP contribution in [0.3, 0.4) is 0 Å². The topological polar surface area (TPSA) is 121 Å². The van der Waals surface area contributed by atoms with Gasteiger partial charge in [0, 0.05) is 74.9 Å². The third-order valence-electron chi connectivity index (χ3n) is 12.9. The van der Waals surface area contributed by atoms with Crippen LogP contribution in [-0.4, -0.2) is 95.1 Å². The normalized spacial score (nSPS) is 21.4. The Labute approximate surface area is 356 Å². The van der Waals surface area contributed by atoms with Gasteiger partial charge in [-0.15, -0.1) is 0 Å². The Morgan fingerprint density at radius 3 is 2.33 bits per heavy atom.